The van der Waals surface area contributed by atoms with Gasteiger partial charge in [0.2, 0.25) is 5.91 Å². The van der Waals surface area contributed by atoms with E-state index < -0.39 is 6.04 Å². The molecule has 0 aliphatic heterocycles. The molecule has 162 valence electrons. The van der Waals surface area contributed by atoms with Crippen LogP contribution in [0.25, 0.3) is 0 Å². The third-order valence-corrected chi connectivity index (χ3v) is 5.10. The molecule has 2 aromatic carbocycles. The van der Waals surface area contributed by atoms with Crippen molar-refractivity contribution in [3.05, 3.63) is 65.2 Å². The maximum absolute atomic E-state index is 13.2. The van der Waals surface area contributed by atoms with E-state index in [1.807, 2.05) is 69.3 Å². The molecule has 5 nitrogen and oxygen atoms in total. The molecule has 0 aliphatic rings. The molecule has 0 unspecified atom stereocenters. The summed E-state index contributed by atoms with van der Waals surface area (Å²) in [6.45, 7) is 10.8. The van der Waals surface area contributed by atoms with Crippen LogP contribution in [0, 0.1) is 6.92 Å². The standard InChI is InChI=1S/C25H34N2O3/c1-6-22(25(29)26-7-2)27(16-20-14-12-19(5)13-15-20)24(28)17-30-23-11-9-8-10-21(23)18(3)4/h8-15,18,22H,6-7,16-17H2,1-5H3,(H,26,29)/t22-/m0/s1. The number of aryl methyl sites for hydroxylation is 1. The van der Waals surface area contributed by atoms with E-state index in [-0.39, 0.29) is 18.4 Å². The molecule has 0 spiro atoms. The molecule has 2 rings (SSSR count). The van der Waals surface area contributed by atoms with Gasteiger partial charge in [0.25, 0.3) is 5.91 Å². The number of hydrogen-bond donors (Lipinski definition) is 1. The van der Waals surface area contributed by atoms with Gasteiger partial charge in [-0.05, 0) is 43.4 Å². The van der Waals surface area contributed by atoms with E-state index in [1.54, 1.807) is 4.90 Å². The fraction of sp³-hybridized carbons (Fsp3) is 0.440. The number of ether oxygens (including phenoxy) is 1. The minimum atomic E-state index is -0.539. The molecule has 0 saturated heterocycles. The Kier molecular flexibility index (Phi) is 8.90. The fourth-order valence-corrected chi connectivity index (χ4v) is 3.41. The van der Waals surface area contributed by atoms with Crippen molar-refractivity contribution < 1.29 is 14.3 Å². The number of nitrogens with one attached hydrogen (secondary N) is 1. The first-order valence-corrected chi connectivity index (χ1v) is 10.7. The lowest BCUT2D eigenvalue weighted by atomic mass is 10.0. The van der Waals surface area contributed by atoms with Crippen LogP contribution in [0.5, 0.6) is 5.75 Å². The van der Waals surface area contributed by atoms with Crippen LogP contribution in [0.1, 0.15) is 56.7 Å². The number of para-hydroxylation sites is 1. The van der Waals surface area contributed by atoms with Crippen LogP contribution >= 0.6 is 0 Å². The summed E-state index contributed by atoms with van der Waals surface area (Å²) in [7, 11) is 0. The Labute approximate surface area is 180 Å². The quantitative estimate of drug-likeness (QED) is 0.630. The lowest BCUT2D eigenvalue weighted by Crippen LogP contribution is -2.50. The summed E-state index contributed by atoms with van der Waals surface area (Å²) in [4.78, 5) is 27.5. The van der Waals surface area contributed by atoms with E-state index >= 15 is 0 Å². The number of rotatable bonds is 10. The maximum atomic E-state index is 13.2. The summed E-state index contributed by atoms with van der Waals surface area (Å²) in [6, 6.07) is 15.2. The van der Waals surface area contributed by atoms with Crippen LogP contribution in [0.3, 0.4) is 0 Å². The first-order valence-electron chi connectivity index (χ1n) is 10.7. The van der Waals surface area contributed by atoms with E-state index in [0.29, 0.717) is 31.2 Å². The highest BCUT2D eigenvalue weighted by molar-refractivity contribution is 5.88. The monoisotopic (exact) mass is 410 g/mol. The van der Waals surface area contributed by atoms with Crippen LogP contribution in [-0.4, -0.2) is 35.9 Å². The molecular weight excluding hydrogens is 376 g/mol. The molecule has 2 aromatic rings. The Morgan fingerprint density at radius 1 is 1.03 bits per heavy atom. The van der Waals surface area contributed by atoms with E-state index in [0.717, 1.165) is 16.7 Å². The van der Waals surface area contributed by atoms with Gasteiger partial charge in [0.05, 0.1) is 0 Å². The number of carbonyl (C=O) groups is 2. The average molecular weight is 411 g/mol. The Balaban J connectivity index is 2.22. The highest BCUT2D eigenvalue weighted by Crippen LogP contribution is 2.26. The van der Waals surface area contributed by atoms with Gasteiger partial charge in [0.15, 0.2) is 6.61 Å². The number of likely N-dealkylation sites (N-methyl/N-ethyl adjacent to an activating group) is 1. The predicted molar refractivity (Wildman–Crippen MR) is 121 cm³/mol. The van der Waals surface area contributed by atoms with Crippen molar-refractivity contribution in [3.8, 4) is 5.75 Å². The van der Waals surface area contributed by atoms with Gasteiger partial charge < -0.3 is 15.0 Å². The summed E-state index contributed by atoms with van der Waals surface area (Å²) < 4.78 is 5.91. The van der Waals surface area contributed by atoms with Gasteiger partial charge in [-0.15, -0.1) is 0 Å². The van der Waals surface area contributed by atoms with Crippen molar-refractivity contribution in [2.45, 2.75) is 59.5 Å². The molecule has 0 fully saturated rings. The minimum Gasteiger partial charge on any atom is -0.483 e. The van der Waals surface area contributed by atoms with Crippen molar-refractivity contribution in [2.24, 2.45) is 0 Å². The van der Waals surface area contributed by atoms with E-state index in [4.69, 9.17) is 4.74 Å². The summed E-state index contributed by atoms with van der Waals surface area (Å²) in [5, 5.41) is 2.85. The molecule has 1 N–H and O–H groups in total. The van der Waals surface area contributed by atoms with Crippen LogP contribution in [-0.2, 0) is 16.1 Å². The zero-order chi connectivity index (χ0) is 22.1. The van der Waals surface area contributed by atoms with Crippen molar-refractivity contribution >= 4 is 11.8 Å². The molecular formula is C25H34N2O3. The summed E-state index contributed by atoms with van der Waals surface area (Å²) in [6.07, 6.45) is 0.534. The van der Waals surface area contributed by atoms with Crippen molar-refractivity contribution in [1.29, 1.82) is 0 Å². The molecule has 1 atom stereocenters. The molecule has 0 heterocycles. The number of carbonyl (C=O) groups excluding carboxylic acids is 2. The van der Waals surface area contributed by atoms with Crippen molar-refractivity contribution in [1.82, 2.24) is 10.2 Å². The lowest BCUT2D eigenvalue weighted by molar-refractivity contribution is -0.142. The number of nitrogens with zero attached hydrogens (tertiary/aromatic N) is 1. The van der Waals surface area contributed by atoms with Gasteiger partial charge in [0.1, 0.15) is 11.8 Å². The zero-order valence-electron chi connectivity index (χ0n) is 18.8. The number of benzene rings is 2. The first-order chi connectivity index (χ1) is 14.4. The largest absolute Gasteiger partial charge is 0.483 e. The Morgan fingerprint density at radius 2 is 1.70 bits per heavy atom. The molecule has 0 bridgehead atoms. The molecule has 30 heavy (non-hydrogen) atoms. The van der Waals surface area contributed by atoms with E-state index in [9.17, 15) is 9.59 Å². The minimum absolute atomic E-state index is 0.106. The molecule has 2 amide bonds. The van der Waals surface area contributed by atoms with E-state index in [2.05, 4.69) is 19.2 Å². The van der Waals surface area contributed by atoms with Crippen LogP contribution in [0.15, 0.2) is 48.5 Å². The number of amides is 2. The summed E-state index contributed by atoms with van der Waals surface area (Å²) in [5.41, 5.74) is 3.20. The molecule has 0 aromatic heterocycles. The van der Waals surface area contributed by atoms with E-state index in [1.165, 1.54) is 0 Å². The molecule has 0 saturated carbocycles. The Hall–Kier alpha value is -2.82. The van der Waals surface area contributed by atoms with Crippen molar-refractivity contribution in [3.63, 3.8) is 0 Å². The second kappa shape index (κ2) is 11.4. The normalized spacial score (nSPS) is 11.8. The fourth-order valence-electron chi connectivity index (χ4n) is 3.41. The highest BCUT2D eigenvalue weighted by atomic mass is 16.5. The Bertz CT molecular complexity index is 831. The second-order valence-electron chi connectivity index (χ2n) is 7.81. The van der Waals surface area contributed by atoms with Gasteiger partial charge in [-0.25, -0.2) is 0 Å². The molecule has 5 heteroatoms. The van der Waals surface area contributed by atoms with Crippen LogP contribution < -0.4 is 10.1 Å². The third kappa shape index (κ3) is 6.34. The smallest absolute Gasteiger partial charge is 0.261 e. The van der Waals surface area contributed by atoms with Crippen LogP contribution in [0.4, 0.5) is 0 Å². The Morgan fingerprint density at radius 3 is 2.30 bits per heavy atom. The maximum Gasteiger partial charge on any atom is 0.261 e. The van der Waals surface area contributed by atoms with Gasteiger partial charge in [-0.1, -0.05) is 68.8 Å². The SMILES string of the molecule is CCNC(=O)[C@H](CC)N(Cc1ccc(C)cc1)C(=O)COc1ccccc1C(C)C. The lowest BCUT2D eigenvalue weighted by Gasteiger charge is -2.30. The summed E-state index contributed by atoms with van der Waals surface area (Å²) >= 11 is 0. The van der Waals surface area contributed by atoms with Crippen molar-refractivity contribution in [2.75, 3.05) is 13.2 Å². The second-order valence-corrected chi connectivity index (χ2v) is 7.81. The topological polar surface area (TPSA) is 58.6 Å². The third-order valence-electron chi connectivity index (χ3n) is 5.10. The predicted octanol–water partition coefficient (Wildman–Crippen LogP) is 4.44. The van der Waals surface area contributed by atoms with Gasteiger partial charge in [-0.2, -0.15) is 0 Å². The van der Waals surface area contributed by atoms with Gasteiger partial charge >= 0.3 is 0 Å². The molecule has 0 aliphatic carbocycles. The zero-order valence-corrected chi connectivity index (χ0v) is 18.8. The summed E-state index contributed by atoms with van der Waals surface area (Å²) in [5.74, 6) is 0.663. The number of hydrogen-bond acceptors (Lipinski definition) is 3. The first kappa shape index (κ1) is 23.5. The highest BCUT2D eigenvalue weighted by Gasteiger charge is 2.28. The van der Waals surface area contributed by atoms with Gasteiger partial charge in [-0.3, -0.25) is 9.59 Å². The average Bonchev–Trinajstić information content (AvgIpc) is 2.73. The van der Waals surface area contributed by atoms with Crippen LogP contribution in [0.2, 0.25) is 0 Å². The molecule has 0 radical (unpaired) electrons. The van der Waals surface area contributed by atoms with Gasteiger partial charge in [0, 0.05) is 13.1 Å².